The van der Waals surface area contributed by atoms with Gasteiger partial charge < -0.3 is 10.2 Å². The van der Waals surface area contributed by atoms with E-state index in [1.54, 1.807) is 11.3 Å². The van der Waals surface area contributed by atoms with Gasteiger partial charge in [0.2, 0.25) is 0 Å². The van der Waals surface area contributed by atoms with Gasteiger partial charge in [-0.2, -0.15) is 0 Å². The average Bonchev–Trinajstić information content (AvgIpc) is 3.54. The van der Waals surface area contributed by atoms with Gasteiger partial charge in [-0.15, -0.1) is 11.3 Å². The summed E-state index contributed by atoms with van der Waals surface area (Å²) in [4.78, 5) is 21.1. The van der Waals surface area contributed by atoms with Gasteiger partial charge in [-0.05, 0) is 41.0 Å². The molecule has 0 aliphatic carbocycles. The van der Waals surface area contributed by atoms with Crippen LogP contribution >= 0.6 is 11.3 Å². The summed E-state index contributed by atoms with van der Waals surface area (Å²) < 4.78 is 2.16. The third kappa shape index (κ3) is 5.04. The number of fused-ring (bicyclic) bond motifs is 2. The molecule has 1 N–H and O–H groups in total. The highest BCUT2D eigenvalue weighted by Gasteiger charge is 2.17. The molecule has 5 nitrogen and oxygen atoms in total. The van der Waals surface area contributed by atoms with Crippen LogP contribution in [0.15, 0.2) is 109 Å². The van der Waals surface area contributed by atoms with Crippen molar-refractivity contribution in [2.45, 2.75) is 19.9 Å². The third-order valence-electron chi connectivity index (χ3n) is 6.86. The smallest absolute Gasteiger partial charge is 0.320 e. The lowest BCUT2D eigenvalue weighted by Gasteiger charge is -2.24. The molecule has 4 aromatic carbocycles. The summed E-state index contributed by atoms with van der Waals surface area (Å²) in [5, 5.41) is 7.68. The molecule has 0 aliphatic heterocycles. The number of carbonyl (C=O) groups is 1. The molecule has 0 radical (unpaired) electrons. The molecule has 2 aromatic heterocycles. The minimum absolute atomic E-state index is 0.0999. The number of amides is 2. The van der Waals surface area contributed by atoms with Crippen molar-refractivity contribution in [3.63, 3.8) is 0 Å². The van der Waals surface area contributed by atoms with Crippen molar-refractivity contribution >= 4 is 38.8 Å². The number of hydrogen-bond acceptors (Lipinski definition) is 3. The molecule has 6 heteroatoms. The molecular weight excluding hydrogens is 488 g/mol. The van der Waals surface area contributed by atoms with Gasteiger partial charge in [-0.1, -0.05) is 84.9 Å². The van der Waals surface area contributed by atoms with Gasteiger partial charge in [0.05, 0.1) is 5.69 Å². The highest BCUT2D eigenvalue weighted by molar-refractivity contribution is 7.15. The van der Waals surface area contributed by atoms with E-state index in [0.29, 0.717) is 13.1 Å². The van der Waals surface area contributed by atoms with Crippen LogP contribution in [0.2, 0.25) is 0 Å². The summed E-state index contributed by atoms with van der Waals surface area (Å²) in [5.74, 6) is 0. The Bertz CT molecular complexity index is 1720. The van der Waals surface area contributed by atoms with Crippen LogP contribution < -0.4 is 5.32 Å². The van der Waals surface area contributed by atoms with Gasteiger partial charge in [0, 0.05) is 48.0 Å². The van der Waals surface area contributed by atoms with E-state index in [9.17, 15) is 4.79 Å². The molecule has 188 valence electrons. The highest BCUT2D eigenvalue weighted by atomic mass is 32.1. The van der Waals surface area contributed by atoms with Crippen LogP contribution in [0.4, 0.5) is 10.5 Å². The van der Waals surface area contributed by atoms with Crippen molar-refractivity contribution in [2.75, 3.05) is 11.9 Å². The fourth-order valence-electron chi connectivity index (χ4n) is 4.71. The molecule has 0 spiro atoms. The fraction of sp³-hybridized carbons (Fsp3) is 0.125. The molecule has 6 aromatic rings. The Morgan fingerprint density at radius 1 is 0.921 bits per heavy atom. The lowest BCUT2D eigenvalue weighted by molar-refractivity contribution is 0.209. The summed E-state index contributed by atoms with van der Waals surface area (Å²) in [6, 6.07) is 32.7. The van der Waals surface area contributed by atoms with Crippen LogP contribution in [0.1, 0.15) is 16.8 Å². The Balaban J connectivity index is 1.23. The first kappa shape index (κ1) is 23.9. The number of anilines is 1. The first-order valence-corrected chi connectivity index (χ1v) is 13.6. The maximum Gasteiger partial charge on any atom is 0.322 e. The summed E-state index contributed by atoms with van der Waals surface area (Å²) in [7, 11) is 0. The zero-order chi connectivity index (χ0) is 25.9. The van der Waals surface area contributed by atoms with Crippen LogP contribution in [-0.2, 0) is 13.0 Å². The summed E-state index contributed by atoms with van der Waals surface area (Å²) in [6.45, 7) is 3.13. The summed E-state index contributed by atoms with van der Waals surface area (Å²) >= 11 is 1.63. The first-order valence-electron chi connectivity index (χ1n) is 12.7. The highest BCUT2D eigenvalue weighted by Crippen LogP contribution is 2.27. The van der Waals surface area contributed by atoms with Gasteiger partial charge in [-0.25, -0.2) is 9.78 Å². The van der Waals surface area contributed by atoms with E-state index in [4.69, 9.17) is 4.98 Å². The monoisotopic (exact) mass is 516 g/mol. The van der Waals surface area contributed by atoms with E-state index >= 15 is 0 Å². The number of urea groups is 1. The normalized spacial score (nSPS) is 11.2. The largest absolute Gasteiger partial charge is 0.322 e. The number of imidazole rings is 1. The molecule has 0 bridgehead atoms. The van der Waals surface area contributed by atoms with Crippen LogP contribution in [0.3, 0.4) is 0 Å². The lowest BCUT2D eigenvalue weighted by atomic mass is 10.1. The molecule has 0 saturated carbocycles. The number of rotatable bonds is 7. The summed E-state index contributed by atoms with van der Waals surface area (Å²) in [5.41, 5.74) is 6.19. The second-order valence-electron chi connectivity index (χ2n) is 9.47. The van der Waals surface area contributed by atoms with Gasteiger partial charge in [0.15, 0.2) is 4.96 Å². The number of aromatic nitrogens is 2. The molecule has 0 aliphatic rings. The van der Waals surface area contributed by atoms with Gasteiger partial charge >= 0.3 is 6.03 Å². The number of benzene rings is 4. The van der Waals surface area contributed by atoms with Crippen molar-refractivity contribution in [2.24, 2.45) is 0 Å². The number of aryl methyl sites for hydroxylation is 1. The molecule has 0 saturated heterocycles. The topological polar surface area (TPSA) is 49.6 Å². The van der Waals surface area contributed by atoms with Crippen molar-refractivity contribution in [3.05, 3.63) is 125 Å². The Morgan fingerprint density at radius 2 is 1.68 bits per heavy atom. The first-order chi connectivity index (χ1) is 18.6. The Hall–Kier alpha value is -4.42. The number of para-hydroxylation sites is 1. The van der Waals surface area contributed by atoms with Crippen LogP contribution in [0, 0.1) is 6.92 Å². The molecule has 2 heterocycles. The van der Waals surface area contributed by atoms with E-state index in [-0.39, 0.29) is 6.03 Å². The number of thiazole rings is 1. The van der Waals surface area contributed by atoms with E-state index in [1.807, 2.05) is 54.3 Å². The fourth-order valence-corrected chi connectivity index (χ4v) is 5.62. The molecule has 0 unspecified atom stereocenters. The number of nitrogens with zero attached hydrogens (tertiary/aromatic N) is 3. The van der Waals surface area contributed by atoms with Crippen LogP contribution in [0.25, 0.3) is 27.0 Å². The van der Waals surface area contributed by atoms with Crippen molar-refractivity contribution in [1.29, 1.82) is 0 Å². The van der Waals surface area contributed by atoms with Crippen molar-refractivity contribution in [1.82, 2.24) is 14.3 Å². The zero-order valence-electron chi connectivity index (χ0n) is 21.2. The zero-order valence-corrected chi connectivity index (χ0v) is 22.0. The second-order valence-corrected chi connectivity index (χ2v) is 10.3. The Labute approximate surface area is 226 Å². The Kier molecular flexibility index (Phi) is 6.63. The average molecular weight is 517 g/mol. The molecule has 6 rings (SSSR count). The molecule has 2 amide bonds. The minimum atomic E-state index is -0.0999. The molecule has 0 atom stereocenters. The predicted octanol–water partition coefficient (Wildman–Crippen LogP) is 7.80. The van der Waals surface area contributed by atoms with Gasteiger partial charge in [-0.3, -0.25) is 4.40 Å². The minimum Gasteiger partial charge on any atom is -0.320 e. The maximum absolute atomic E-state index is 13.4. The van der Waals surface area contributed by atoms with Gasteiger partial charge in [0.25, 0.3) is 0 Å². The predicted molar refractivity (Wildman–Crippen MR) is 157 cm³/mol. The number of hydrogen-bond donors (Lipinski definition) is 1. The summed E-state index contributed by atoms with van der Waals surface area (Å²) in [6.07, 6.45) is 2.84. The lowest BCUT2D eigenvalue weighted by Crippen LogP contribution is -2.36. The quantitative estimate of drug-likeness (QED) is 0.235. The standard InChI is InChI=1S/C32H28N4OS/c1-23-9-5-8-14-29(23)33-31(37)35(20-24-10-3-2-4-11-24)18-17-28-22-38-32-34-30(21-36(28)32)27-16-15-25-12-6-7-13-26(25)19-27/h2-16,19,21-22H,17-18,20H2,1H3,(H,33,37). The van der Waals surface area contributed by atoms with Gasteiger partial charge in [0.1, 0.15) is 0 Å². The molecule has 38 heavy (non-hydrogen) atoms. The van der Waals surface area contributed by atoms with E-state index in [0.717, 1.165) is 45.1 Å². The molecular formula is C32H28N4OS. The number of nitrogens with one attached hydrogen (secondary N) is 1. The Morgan fingerprint density at radius 3 is 2.53 bits per heavy atom. The van der Waals surface area contributed by atoms with Crippen LogP contribution in [0.5, 0.6) is 0 Å². The third-order valence-corrected chi connectivity index (χ3v) is 7.75. The van der Waals surface area contributed by atoms with Crippen LogP contribution in [-0.4, -0.2) is 26.9 Å². The van der Waals surface area contributed by atoms with E-state index in [2.05, 4.69) is 75.9 Å². The second kappa shape index (κ2) is 10.5. The number of carbonyl (C=O) groups excluding carboxylic acids is 1. The van der Waals surface area contributed by atoms with E-state index < -0.39 is 0 Å². The molecule has 0 fully saturated rings. The maximum atomic E-state index is 13.4. The SMILES string of the molecule is Cc1ccccc1NC(=O)N(CCc1csc2nc(-c3ccc4ccccc4c3)cn12)Cc1ccccc1. The van der Waals surface area contributed by atoms with E-state index in [1.165, 1.54) is 10.8 Å². The van der Waals surface area contributed by atoms with Crippen molar-refractivity contribution < 1.29 is 4.79 Å². The van der Waals surface area contributed by atoms with Crippen molar-refractivity contribution in [3.8, 4) is 11.3 Å².